The van der Waals surface area contributed by atoms with Crippen molar-refractivity contribution in [3.63, 3.8) is 0 Å². The van der Waals surface area contributed by atoms with Crippen LogP contribution in [0.1, 0.15) is 51.3 Å². The van der Waals surface area contributed by atoms with Crippen molar-refractivity contribution >= 4 is 22.6 Å². The van der Waals surface area contributed by atoms with Gasteiger partial charge in [0.2, 0.25) is 11.0 Å². The zero-order chi connectivity index (χ0) is 15.7. The second-order valence-corrected chi connectivity index (χ2v) is 7.74. The van der Waals surface area contributed by atoms with Gasteiger partial charge in [0.15, 0.2) is 0 Å². The Kier molecular flexibility index (Phi) is 4.66. The molecule has 2 heterocycles. The monoisotopic (exact) mass is 322 g/mol. The molecular formula is C16H26N4OS. The van der Waals surface area contributed by atoms with E-state index in [1.807, 2.05) is 11.9 Å². The van der Waals surface area contributed by atoms with Crippen LogP contribution in [0.5, 0.6) is 0 Å². The van der Waals surface area contributed by atoms with E-state index in [4.69, 9.17) is 0 Å². The van der Waals surface area contributed by atoms with Crippen LogP contribution in [-0.4, -0.2) is 46.8 Å². The van der Waals surface area contributed by atoms with Crippen molar-refractivity contribution in [2.45, 2.75) is 45.4 Å². The van der Waals surface area contributed by atoms with Crippen LogP contribution < -0.4 is 4.90 Å². The van der Waals surface area contributed by atoms with Crippen molar-refractivity contribution in [1.82, 2.24) is 14.3 Å². The van der Waals surface area contributed by atoms with E-state index in [-0.39, 0.29) is 0 Å². The van der Waals surface area contributed by atoms with E-state index >= 15 is 0 Å². The molecule has 1 amide bonds. The Balaban J connectivity index is 1.48. The molecule has 0 atom stereocenters. The van der Waals surface area contributed by atoms with E-state index in [1.54, 1.807) is 0 Å². The molecule has 2 aliphatic rings. The summed E-state index contributed by atoms with van der Waals surface area (Å²) in [5.41, 5.74) is 0. The molecule has 122 valence electrons. The van der Waals surface area contributed by atoms with Crippen LogP contribution in [0.15, 0.2) is 0 Å². The van der Waals surface area contributed by atoms with E-state index in [1.165, 1.54) is 11.5 Å². The van der Waals surface area contributed by atoms with E-state index in [9.17, 15) is 4.79 Å². The van der Waals surface area contributed by atoms with Crippen molar-refractivity contribution in [3.8, 4) is 0 Å². The Hall–Kier alpha value is -1.17. The lowest BCUT2D eigenvalue weighted by Crippen LogP contribution is -2.39. The van der Waals surface area contributed by atoms with Crippen LogP contribution in [0, 0.1) is 11.8 Å². The maximum Gasteiger partial charge on any atom is 0.225 e. The third kappa shape index (κ3) is 3.59. The molecule has 1 saturated carbocycles. The van der Waals surface area contributed by atoms with Crippen LogP contribution in [0.3, 0.4) is 0 Å². The van der Waals surface area contributed by atoms with Gasteiger partial charge in [0.05, 0.1) is 0 Å². The van der Waals surface area contributed by atoms with Crippen molar-refractivity contribution in [2.24, 2.45) is 11.8 Å². The van der Waals surface area contributed by atoms with Gasteiger partial charge in [-0.3, -0.25) is 4.79 Å². The first kappa shape index (κ1) is 15.7. The van der Waals surface area contributed by atoms with E-state index in [2.05, 4.69) is 28.1 Å². The SMILES string of the molecule is CC(C)c1nsc(N2CCC(CN(C)C(=O)C3CC3)CC2)n1. The van der Waals surface area contributed by atoms with Crippen LogP contribution in [0.25, 0.3) is 0 Å². The average Bonchev–Trinajstić information content (AvgIpc) is 3.23. The van der Waals surface area contributed by atoms with Gasteiger partial charge in [-0.25, -0.2) is 4.98 Å². The van der Waals surface area contributed by atoms with Crippen molar-refractivity contribution < 1.29 is 4.79 Å². The maximum atomic E-state index is 12.0. The zero-order valence-electron chi connectivity index (χ0n) is 13.8. The number of aromatic nitrogens is 2. The molecule has 1 aliphatic heterocycles. The molecule has 1 saturated heterocycles. The molecule has 3 rings (SSSR count). The molecule has 0 N–H and O–H groups in total. The number of anilines is 1. The quantitative estimate of drug-likeness (QED) is 0.836. The minimum absolute atomic E-state index is 0.334. The summed E-state index contributed by atoms with van der Waals surface area (Å²) in [7, 11) is 1.96. The Morgan fingerprint density at radius 1 is 1.32 bits per heavy atom. The minimum Gasteiger partial charge on any atom is -0.347 e. The number of hydrogen-bond acceptors (Lipinski definition) is 5. The fourth-order valence-electron chi connectivity index (χ4n) is 3.02. The highest BCUT2D eigenvalue weighted by atomic mass is 32.1. The molecule has 0 aromatic carbocycles. The first-order valence-electron chi connectivity index (χ1n) is 8.38. The average molecular weight is 322 g/mol. The summed E-state index contributed by atoms with van der Waals surface area (Å²) < 4.78 is 4.44. The van der Waals surface area contributed by atoms with Gasteiger partial charge in [0.25, 0.3) is 0 Å². The zero-order valence-corrected chi connectivity index (χ0v) is 14.6. The Morgan fingerprint density at radius 3 is 2.55 bits per heavy atom. The Bertz CT molecular complexity index is 518. The summed E-state index contributed by atoms with van der Waals surface area (Å²) in [6.07, 6.45) is 4.46. The highest BCUT2D eigenvalue weighted by molar-refractivity contribution is 7.09. The van der Waals surface area contributed by atoms with Crippen molar-refractivity contribution in [3.05, 3.63) is 5.82 Å². The minimum atomic E-state index is 0.334. The molecule has 0 bridgehead atoms. The molecule has 0 spiro atoms. The lowest BCUT2D eigenvalue weighted by atomic mass is 9.96. The molecule has 1 aliphatic carbocycles. The highest BCUT2D eigenvalue weighted by Gasteiger charge is 2.33. The summed E-state index contributed by atoms with van der Waals surface area (Å²) in [5, 5.41) is 1.06. The van der Waals surface area contributed by atoms with Gasteiger partial charge in [-0.2, -0.15) is 4.37 Å². The summed E-state index contributed by atoms with van der Waals surface area (Å²) >= 11 is 1.52. The van der Waals surface area contributed by atoms with Gasteiger partial charge < -0.3 is 9.80 Å². The first-order chi connectivity index (χ1) is 10.5. The number of rotatable bonds is 5. The second-order valence-electron chi connectivity index (χ2n) is 7.01. The number of nitrogens with zero attached hydrogens (tertiary/aromatic N) is 4. The maximum absolute atomic E-state index is 12.0. The number of carbonyl (C=O) groups is 1. The molecule has 5 nitrogen and oxygen atoms in total. The first-order valence-corrected chi connectivity index (χ1v) is 9.15. The molecular weight excluding hydrogens is 296 g/mol. The van der Waals surface area contributed by atoms with Gasteiger partial charge >= 0.3 is 0 Å². The lowest BCUT2D eigenvalue weighted by Gasteiger charge is -2.33. The highest BCUT2D eigenvalue weighted by Crippen LogP contribution is 2.32. The molecule has 0 radical (unpaired) electrons. The van der Waals surface area contributed by atoms with Gasteiger partial charge in [-0.05, 0) is 31.6 Å². The third-order valence-electron chi connectivity index (χ3n) is 4.67. The summed E-state index contributed by atoms with van der Waals surface area (Å²) in [4.78, 5) is 21.0. The summed E-state index contributed by atoms with van der Waals surface area (Å²) in [6.45, 7) is 7.23. The fourth-order valence-corrected chi connectivity index (χ4v) is 3.87. The largest absolute Gasteiger partial charge is 0.347 e. The van der Waals surface area contributed by atoms with Crippen molar-refractivity contribution in [1.29, 1.82) is 0 Å². The molecule has 0 unspecified atom stereocenters. The van der Waals surface area contributed by atoms with Crippen LogP contribution in [0.4, 0.5) is 5.13 Å². The normalized spacial score (nSPS) is 19.7. The van der Waals surface area contributed by atoms with E-state index < -0.39 is 0 Å². The molecule has 6 heteroatoms. The topological polar surface area (TPSA) is 49.3 Å². The molecule has 1 aromatic heterocycles. The van der Waals surface area contributed by atoms with Gasteiger partial charge in [0.1, 0.15) is 5.82 Å². The van der Waals surface area contributed by atoms with Gasteiger partial charge in [-0.1, -0.05) is 13.8 Å². The van der Waals surface area contributed by atoms with E-state index in [0.717, 1.165) is 56.3 Å². The molecule has 22 heavy (non-hydrogen) atoms. The predicted molar refractivity (Wildman–Crippen MR) is 89.3 cm³/mol. The lowest BCUT2D eigenvalue weighted by molar-refractivity contribution is -0.131. The van der Waals surface area contributed by atoms with Crippen LogP contribution in [0.2, 0.25) is 0 Å². The van der Waals surface area contributed by atoms with Crippen LogP contribution in [-0.2, 0) is 4.79 Å². The number of carbonyl (C=O) groups excluding carboxylic acids is 1. The van der Waals surface area contributed by atoms with Gasteiger partial charge in [-0.15, -0.1) is 0 Å². The van der Waals surface area contributed by atoms with Crippen LogP contribution >= 0.6 is 11.5 Å². The fraction of sp³-hybridized carbons (Fsp3) is 0.812. The Morgan fingerprint density at radius 2 is 2.00 bits per heavy atom. The summed E-state index contributed by atoms with van der Waals surface area (Å²) in [6, 6.07) is 0. The Labute approximate surface area is 136 Å². The van der Waals surface area contributed by atoms with Gasteiger partial charge in [0, 0.05) is 50.1 Å². The molecule has 1 aromatic rings. The van der Waals surface area contributed by atoms with Crippen molar-refractivity contribution in [2.75, 3.05) is 31.6 Å². The van der Waals surface area contributed by atoms with E-state index in [0.29, 0.717) is 23.7 Å². The standard InChI is InChI=1S/C16H26N4OS/c1-11(2)14-17-16(22-18-14)20-8-6-12(7-9-20)10-19(3)15(21)13-4-5-13/h11-13H,4-10H2,1-3H3. The predicted octanol–water partition coefficient (Wildman–Crippen LogP) is 2.75. The molecule has 2 fully saturated rings. The number of hydrogen-bond donors (Lipinski definition) is 0. The second kappa shape index (κ2) is 6.52. The number of amides is 1. The number of piperidine rings is 1. The summed E-state index contributed by atoms with van der Waals surface area (Å²) in [5.74, 6) is 2.66. The smallest absolute Gasteiger partial charge is 0.225 e. The third-order valence-corrected chi connectivity index (χ3v) is 5.46.